The van der Waals surface area contributed by atoms with Gasteiger partial charge in [0.1, 0.15) is 6.29 Å². The third-order valence-electron chi connectivity index (χ3n) is 1.86. The summed E-state index contributed by atoms with van der Waals surface area (Å²) in [5.74, 6) is 0.363. The first kappa shape index (κ1) is 7.48. The third-order valence-corrected chi connectivity index (χ3v) is 1.86. The zero-order chi connectivity index (χ0) is 7.40. The van der Waals surface area contributed by atoms with Crippen molar-refractivity contribution in [2.24, 2.45) is 5.92 Å². The maximum atomic E-state index is 10.1. The number of carbonyl (C=O) groups is 1. The topological polar surface area (TPSA) is 26.3 Å². The Hall–Kier alpha value is -0.630. The molecule has 1 fully saturated rings. The average Bonchev–Trinajstić information content (AvgIpc) is 2.36. The number of hydrogen-bond acceptors (Lipinski definition) is 2. The number of hydrogen-bond donors (Lipinski definition) is 0. The average molecular weight is 140 g/mol. The molecular weight excluding hydrogens is 128 g/mol. The predicted octanol–water partition coefficient (Wildman–Crippen LogP) is 1.17. The van der Waals surface area contributed by atoms with Crippen molar-refractivity contribution in [1.29, 1.82) is 0 Å². The fourth-order valence-corrected chi connectivity index (χ4v) is 1.20. The number of allylic oxidation sites excluding steroid dienone is 1. The van der Waals surface area contributed by atoms with E-state index in [0.717, 1.165) is 19.5 Å². The molecule has 1 aliphatic heterocycles. The van der Waals surface area contributed by atoms with Crippen molar-refractivity contribution < 1.29 is 9.53 Å². The van der Waals surface area contributed by atoms with E-state index in [0.29, 0.717) is 12.3 Å². The van der Waals surface area contributed by atoms with Gasteiger partial charge in [-0.05, 0) is 12.5 Å². The highest BCUT2D eigenvalue weighted by Crippen LogP contribution is 2.21. The second kappa shape index (κ2) is 3.52. The molecule has 0 aromatic heterocycles. The van der Waals surface area contributed by atoms with Crippen LogP contribution >= 0.6 is 0 Å². The van der Waals surface area contributed by atoms with Crippen LogP contribution in [0.4, 0.5) is 0 Å². The minimum Gasteiger partial charge on any atom is -0.376 e. The van der Waals surface area contributed by atoms with E-state index in [4.69, 9.17) is 4.74 Å². The van der Waals surface area contributed by atoms with E-state index in [2.05, 4.69) is 0 Å². The van der Waals surface area contributed by atoms with Crippen molar-refractivity contribution in [3.05, 3.63) is 11.6 Å². The molecule has 0 amide bonds. The van der Waals surface area contributed by atoms with Crippen molar-refractivity contribution in [2.75, 3.05) is 13.2 Å². The molecule has 1 unspecified atom stereocenters. The van der Waals surface area contributed by atoms with E-state index >= 15 is 0 Å². The van der Waals surface area contributed by atoms with Crippen LogP contribution in [0.3, 0.4) is 0 Å². The standard InChI is InChI=1S/C8H12O2/c1-2-7-5-10-6-8(7)3-4-9/h2,4,8H,3,5-6H2,1H3/b7-2+. The van der Waals surface area contributed by atoms with Crippen LogP contribution < -0.4 is 0 Å². The summed E-state index contributed by atoms with van der Waals surface area (Å²) >= 11 is 0. The van der Waals surface area contributed by atoms with Crippen LogP contribution in [0.2, 0.25) is 0 Å². The Morgan fingerprint density at radius 2 is 2.60 bits per heavy atom. The van der Waals surface area contributed by atoms with E-state index in [1.807, 2.05) is 13.0 Å². The molecule has 0 aromatic carbocycles. The molecule has 1 heterocycles. The molecule has 0 aliphatic carbocycles. The van der Waals surface area contributed by atoms with Crippen molar-refractivity contribution >= 4 is 6.29 Å². The lowest BCUT2D eigenvalue weighted by atomic mass is 10.0. The maximum absolute atomic E-state index is 10.1. The minimum atomic E-state index is 0.363. The van der Waals surface area contributed by atoms with Gasteiger partial charge in [0, 0.05) is 12.3 Å². The zero-order valence-corrected chi connectivity index (χ0v) is 6.17. The van der Waals surface area contributed by atoms with Gasteiger partial charge in [0.2, 0.25) is 0 Å². The van der Waals surface area contributed by atoms with Gasteiger partial charge in [-0.1, -0.05) is 6.08 Å². The minimum absolute atomic E-state index is 0.363. The molecule has 0 bridgehead atoms. The van der Waals surface area contributed by atoms with Crippen LogP contribution in [-0.2, 0) is 9.53 Å². The molecule has 0 spiro atoms. The molecule has 10 heavy (non-hydrogen) atoms. The van der Waals surface area contributed by atoms with Crippen LogP contribution in [-0.4, -0.2) is 19.5 Å². The summed E-state index contributed by atoms with van der Waals surface area (Å²) in [6.45, 7) is 3.43. The molecule has 1 aliphatic rings. The molecule has 0 saturated carbocycles. The van der Waals surface area contributed by atoms with E-state index in [1.54, 1.807) is 0 Å². The lowest BCUT2D eigenvalue weighted by molar-refractivity contribution is -0.108. The number of rotatable bonds is 2. The Morgan fingerprint density at radius 3 is 3.20 bits per heavy atom. The Labute approximate surface area is 60.9 Å². The normalized spacial score (nSPS) is 29.3. The van der Waals surface area contributed by atoms with Crippen LogP contribution in [0.5, 0.6) is 0 Å². The van der Waals surface area contributed by atoms with E-state index in [1.165, 1.54) is 5.57 Å². The van der Waals surface area contributed by atoms with Crippen molar-refractivity contribution in [2.45, 2.75) is 13.3 Å². The molecule has 1 saturated heterocycles. The SMILES string of the molecule is C/C=C1\COCC1CC=O. The highest BCUT2D eigenvalue weighted by molar-refractivity contribution is 5.51. The first-order valence-electron chi connectivity index (χ1n) is 3.55. The van der Waals surface area contributed by atoms with Gasteiger partial charge < -0.3 is 9.53 Å². The highest BCUT2D eigenvalue weighted by atomic mass is 16.5. The van der Waals surface area contributed by atoms with Crippen molar-refractivity contribution in [1.82, 2.24) is 0 Å². The van der Waals surface area contributed by atoms with Gasteiger partial charge >= 0.3 is 0 Å². The number of ether oxygens (including phenoxy) is 1. The van der Waals surface area contributed by atoms with Crippen LogP contribution in [0.25, 0.3) is 0 Å². The van der Waals surface area contributed by atoms with Crippen LogP contribution in [0.15, 0.2) is 11.6 Å². The van der Waals surface area contributed by atoms with E-state index in [-0.39, 0.29) is 0 Å². The van der Waals surface area contributed by atoms with Crippen molar-refractivity contribution in [3.63, 3.8) is 0 Å². The van der Waals surface area contributed by atoms with Gasteiger partial charge in [-0.15, -0.1) is 0 Å². The summed E-state index contributed by atoms with van der Waals surface area (Å²) < 4.78 is 5.19. The molecule has 0 aromatic rings. The van der Waals surface area contributed by atoms with Crippen LogP contribution in [0.1, 0.15) is 13.3 Å². The predicted molar refractivity (Wildman–Crippen MR) is 38.7 cm³/mol. The van der Waals surface area contributed by atoms with Gasteiger partial charge in [-0.2, -0.15) is 0 Å². The molecule has 2 heteroatoms. The quantitative estimate of drug-likeness (QED) is 0.425. The van der Waals surface area contributed by atoms with Gasteiger partial charge in [0.15, 0.2) is 0 Å². The summed E-state index contributed by atoms with van der Waals surface area (Å²) in [4.78, 5) is 10.1. The van der Waals surface area contributed by atoms with Gasteiger partial charge in [-0.25, -0.2) is 0 Å². The number of carbonyl (C=O) groups excluding carboxylic acids is 1. The maximum Gasteiger partial charge on any atom is 0.120 e. The fraction of sp³-hybridized carbons (Fsp3) is 0.625. The molecule has 0 radical (unpaired) electrons. The third kappa shape index (κ3) is 1.45. The Morgan fingerprint density at radius 1 is 1.80 bits per heavy atom. The second-order valence-electron chi connectivity index (χ2n) is 2.48. The highest BCUT2D eigenvalue weighted by Gasteiger charge is 2.19. The zero-order valence-electron chi connectivity index (χ0n) is 6.17. The Kier molecular flexibility index (Phi) is 2.63. The summed E-state index contributed by atoms with van der Waals surface area (Å²) in [5.41, 5.74) is 1.27. The van der Waals surface area contributed by atoms with Gasteiger partial charge in [-0.3, -0.25) is 0 Å². The summed E-state index contributed by atoms with van der Waals surface area (Å²) in [5, 5.41) is 0. The van der Waals surface area contributed by atoms with E-state index < -0.39 is 0 Å². The molecule has 2 nitrogen and oxygen atoms in total. The van der Waals surface area contributed by atoms with E-state index in [9.17, 15) is 4.79 Å². The summed E-state index contributed by atoms with van der Waals surface area (Å²) in [6.07, 6.45) is 3.61. The fourth-order valence-electron chi connectivity index (χ4n) is 1.20. The van der Waals surface area contributed by atoms with Gasteiger partial charge in [0.25, 0.3) is 0 Å². The van der Waals surface area contributed by atoms with Crippen molar-refractivity contribution in [3.8, 4) is 0 Å². The number of aldehydes is 1. The smallest absolute Gasteiger partial charge is 0.120 e. The lowest BCUT2D eigenvalue weighted by Crippen LogP contribution is -2.01. The molecular formula is C8H12O2. The molecule has 0 N–H and O–H groups in total. The first-order valence-corrected chi connectivity index (χ1v) is 3.55. The molecule has 1 atom stereocenters. The Balaban J connectivity index is 2.50. The molecule has 56 valence electrons. The Bertz CT molecular complexity index is 149. The van der Waals surface area contributed by atoms with Gasteiger partial charge in [0.05, 0.1) is 13.2 Å². The van der Waals surface area contributed by atoms with Crippen LogP contribution in [0, 0.1) is 5.92 Å². The largest absolute Gasteiger partial charge is 0.376 e. The molecule has 1 rings (SSSR count). The monoisotopic (exact) mass is 140 g/mol. The second-order valence-corrected chi connectivity index (χ2v) is 2.48. The summed E-state index contributed by atoms with van der Waals surface area (Å²) in [7, 11) is 0. The first-order chi connectivity index (χ1) is 4.88. The lowest BCUT2D eigenvalue weighted by Gasteiger charge is -2.02. The summed E-state index contributed by atoms with van der Waals surface area (Å²) in [6, 6.07) is 0.